The Bertz CT molecular complexity index is 1260. The number of alkyl halides is 3. The topological polar surface area (TPSA) is 91.6 Å². The zero-order chi connectivity index (χ0) is 23.5. The molecule has 4 aromatic heterocycles. The quantitative estimate of drug-likeness (QED) is 0.475. The maximum atomic E-state index is 11.9. The second-order valence-corrected chi connectivity index (χ2v) is 6.96. The molecule has 168 valence electrons. The van der Waals surface area contributed by atoms with E-state index in [1.54, 1.807) is 37.1 Å². The molecular weight excluding hydrogens is 425 g/mol. The van der Waals surface area contributed by atoms with Crippen molar-refractivity contribution in [1.29, 1.82) is 0 Å². The highest BCUT2D eigenvalue weighted by molar-refractivity contribution is 5.60. The summed E-state index contributed by atoms with van der Waals surface area (Å²) in [5.41, 5.74) is 2.40. The summed E-state index contributed by atoms with van der Waals surface area (Å²) in [5, 5.41) is 8.19. The van der Waals surface area contributed by atoms with E-state index in [0.29, 0.717) is 17.4 Å². The van der Waals surface area contributed by atoms with Gasteiger partial charge in [-0.1, -0.05) is 12.1 Å². The van der Waals surface area contributed by atoms with Crippen LogP contribution >= 0.6 is 0 Å². The van der Waals surface area contributed by atoms with Gasteiger partial charge in [0.1, 0.15) is 0 Å². The zero-order valence-corrected chi connectivity index (χ0v) is 17.9. The average Bonchev–Trinajstić information content (AvgIpc) is 3.36. The Labute approximate surface area is 181 Å². The van der Waals surface area contributed by atoms with Gasteiger partial charge in [0.2, 0.25) is 11.4 Å². The SMILES string of the molecule is CCc1c(-c2nc(-c3ccc(=O)n(C)c3)no2)cnn1C.Cc1ccc(C(F)(F)F)cn1. The zero-order valence-electron chi connectivity index (χ0n) is 17.9. The molecule has 0 bridgehead atoms. The van der Waals surface area contributed by atoms with Crippen LogP contribution in [-0.2, 0) is 26.7 Å². The maximum Gasteiger partial charge on any atom is 0.417 e. The summed E-state index contributed by atoms with van der Waals surface area (Å²) in [5.74, 6) is 0.885. The smallest absolute Gasteiger partial charge is 0.333 e. The molecule has 0 aromatic carbocycles. The van der Waals surface area contributed by atoms with Gasteiger partial charge in [-0.2, -0.15) is 23.3 Å². The van der Waals surface area contributed by atoms with Gasteiger partial charge in [-0.05, 0) is 31.5 Å². The molecular formula is C21H21F3N6O2. The second-order valence-electron chi connectivity index (χ2n) is 6.96. The lowest BCUT2D eigenvalue weighted by molar-refractivity contribution is -0.137. The van der Waals surface area contributed by atoms with Crippen molar-refractivity contribution in [2.45, 2.75) is 26.4 Å². The fourth-order valence-electron chi connectivity index (χ4n) is 2.87. The van der Waals surface area contributed by atoms with Crippen molar-refractivity contribution < 1.29 is 17.7 Å². The third-order valence-corrected chi connectivity index (χ3v) is 4.64. The van der Waals surface area contributed by atoms with Crippen molar-refractivity contribution in [2.75, 3.05) is 0 Å². The molecule has 11 heteroatoms. The molecule has 0 spiro atoms. The first-order chi connectivity index (χ1) is 15.1. The van der Waals surface area contributed by atoms with Crippen LogP contribution in [0.3, 0.4) is 0 Å². The summed E-state index contributed by atoms with van der Waals surface area (Å²) in [6.45, 7) is 3.69. The van der Waals surface area contributed by atoms with E-state index >= 15 is 0 Å². The van der Waals surface area contributed by atoms with Crippen molar-refractivity contribution in [3.8, 4) is 22.8 Å². The first-order valence-corrected chi connectivity index (χ1v) is 9.62. The van der Waals surface area contributed by atoms with Crippen LogP contribution in [0.15, 0.2) is 52.2 Å². The highest BCUT2D eigenvalue weighted by atomic mass is 19.4. The second kappa shape index (κ2) is 9.16. The molecule has 0 amide bonds. The Morgan fingerprint density at radius 1 is 1.09 bits per heavy atom. The van der Waals surface area contributed by atoms with Crippen LogP contribution in [0.1, 0.15) is 23.9 Å². The van der Waals surface area contributed by atoms with Gasteiger partial charge in [0, 0.05) is 43.8 Å². The van der Waals surface area contributed by atoms with E-state index in [9.17, 15) is 18.0 Å². The maximum absolute atomic E-state index is 11.9. The molecule has 0 unspecified atom stereocenters. The van der Waals surface area contributed by atoms with Gasteiger partial charge in [-0.15, -0.1) is 0 Å². The third-order valence-electron chi connectivity index (χ3n) is 4.64. The first-order valence-electron chi connectivity index (χ1n) is 9.62. The summed E-state index contributed by atoms with van der Waals surface area (Å²) in [6.07, 6.45) is 0.775. The van der Waals surface area contributed by atoms with Gasteiger partial charge in [-0.3, -0.25) is 14.5 Å². The van der Waals surface area contributed by atoms with Gasteiger partial charge >= 0.3 is 6.18 Å². The number of nitrogens with zero attached hydrogens (tertiary/aromatic N) is 6. The molecule has 0 fully saturated rings. The van der Waals surface area contributed by atoms with E-state index in [1.165, 1.54) is 16.7 Å². The summed E-state index contributed by atoms with van der Waals surface area (Å²) in [6, 6.07) is 5.51. The van der Waals surface area contributed by atoms with Crippen LogP contribution in [-0.4, -0.2) is 29.5 Å². The highest BCUT2D eigenvalue weighted by Crippen LogP contribution is 2.28. The van der Waals surface area contributed by atoms with Crippen molar-refractivity contribution in [3.63, 3.8) is 0 Å². The van der Waals surface area contributed by atoms with Crippen LogP contribution in [0.5, 0.6) is 0 Å². The van der Waals surface area contributed by atoms with Crippen molar-refractivity contribution >= 4 is 0 Å². The molecule has 0 aliphatic rings. The van der Waals surface area contributed by atoms with E-state index in [2.05, 4.69) is 20.2 Å². The van der Waals surface area contributed by atoms with E-state index in [-0.39, 0.29) is 5.56 Å². The molecule has 4 heterocycles. The van der Waals surface area contributed by atoms with Gasteiger partial charge in [0.15, 0.2) is 0 Å². The van der Waals surface area contributed by atoms with Gasteiger partial charge in [0.25, 0.3) is 5.89 Å². The van der Waals surface area contributed by atoms with E-state index in [4.69, 9.17) is 4.52 Å². The predicted octanol–water partition coefficient (Wildman–Crippen LogP) is 3.81. The number of aromatic nitrogens is 6. The van der Waals surface area contributed by atoms with Crippen LogP contribution in [0.25, 0.3) is 22.8 Å². The number of hydrogen-bond acceptors (Lipinski definition) is 6. The lowest BCUT2D eigenvalue weighted by atomic mass is 10.2. The minimum absolute atomic E-state index is 0.0806. The molecule has 0 radical (unpaired) electrons. The van der Waals surface area contributed by atoms with Crippen LogP contribution in [0.2, 0.25) is 0 Å². The Kier molecular flexibility index (Phi) is 6.56. The Hall–Kier alpha value is -3.76. The molecule has 0 saturated carbocycles. The first kappa shape index (κ1) is 22.9. The highest BCUT2D eigenvalue weighted by Gasteiger charge is 2.30. The molecule has 32 heavy (non-hydrogen) atoms. The molecule has 0 aliphatic heterocycles. The average molecular weight is 446 g/mol. The fourth-order valence-corrected chi connectivity index (χ4v) is 2.87. The Morgan fingerprint density at radius 2 is 1.84 bits per heavy atom. The predicted molar refractivity (Wildman–Crippen MR) is 111 cm³/mol. The summed E-state index contributed by atoms with van der Waals surface area (Å²) < 4.78 is 44.2. The number of aryl methyl sites for hydroxylation is 3. The van der Waals surface area contributed by atoms with Crippen LogP contribution in [0.4, 0.5) is 13.2 Å². The fraction of sp³-hybridized carbons (Fsp3) is 0.286. The van der Waals surface area contributed by atoms with E-state index in [1.807, 2.05) is 14.0 Å². The summed E-state index contributed by atoms with van der Waals surface area (Å²) >= 11 is 0. The van der Waals surface area contributed by atoms with Crippen LogP contribution in [0, 0.1) is 6.92 Å². The third kappa shape index (κ3) is 5.10. The minimum Gasteiger partial charge on any atom is -0.333 e. The van der Waals surface area contributed by atoms with E-state index < -0.39 is 11.7 Å². The lowest BCUT2D eigenvalue weighted by Crippen LogP contribution is -2.14. The monoisotopic (exact) mass is 446 g/mol. The molecule has 0 saturated heterocycles. The lowest BCUT2D eigenvalue weighted by Gasteiger charge is -2.04. The molecule has 0 N–H and O–H groups in total. The standard InChI is InChI=1S/C14H15N5O2.C7H6F3N/c1-4-11-10(7-15-19(11)3)14-16-13(17-21-14)9-5-6-12(20)18(2)8-9;1-5-2-3-6(4-11-5)7(8,9)10/h5-8H,4H2,1-3H3;2-4H,1H3. The normalized spacial score (nSPS) is 11.2. The number of pyridine rings is 2. The molecule has 8 nitrogen and oxygen atoms in total. The number of rotatable bonds is 3. The molecule has 4 rings (SSSR count). The summed E-state index contributed by atoms with van der Waals surface area (Å²) in [4.78, 5) is 19.3. The summed E-state index contributed by atoms with van der Waals surface area (Å²) in [7, 11) is 3.57. The van der Waals surface area contributed by atoms with Gasteiger partial charge in [0.05, 0.1) is 23.0 Å². The van der Waals surface area contributed by atoms with Gasteiger partial charge < -0.3 is 9.09 Å². The minimum atomic E-state index is -4.28. The van der Waals surface area contributed by atoms with Crippen molar-refractivity contribution in [1.82, 2.24) is 29.5 Å². The largest absolute Gasteiger partial charge is 0.417 e. The number of hydrogen-bond donors (Lipinski definition) is 0. The Morgan fingerprint density at radius 3 is 2.44 bits per heavy atom. The van der Waals surface area contributed by atoms with E-state index in [0.717, 1.165) is 35.5 Å². The Balaban J connectivity index is 0.000000222. The molecule has 0 atom stereocenters. The van der Waals surface area contributed by atoms with Crippen molar-refractivity contribution in [3.05, 3.63) is 70.2 Å². The molecule has 4 aromatic rings. The number of halogens is 3. The molecule has 0 aliphatic carbocycles. The van der Waals surface area contributed by atoms with Crippen LogP contribution < -0.4 is 5.56 Å². The van der Waals surface area contributed by atoms with Gasteiger partial charge in [-0.25, -0.2) is 0 Å². The van der Waals surface area contributed by atoms with Crippen molar-refractivity contribution in [2.24, 2.45) is 14.1 Å².